The van der Waals surface area contributed by atoms with Gasteiger partial charge in [0.1, 0.15) is 16.3 Å². The van der Waals surface area contributed by atoms with Gasteiger partial charge in [-0.05, 0) is 23.8 Å². The van der Waals surface area contributed by atoms with Gasteiger partial charge in [-0.2, -0.15) is 0 Å². The highest BCUT2D eigenvalue weighted by Gasteiger charge is 2.23. The third-order valence-corrected chi connectivity index (χ3v) is 5.79. The minimum absolute atomic E-state index is 0.0273. The Bertz CT molecular complexity index is 908. The Kier molecular flexibility index (Phi) is 5.25. The second-order valence-electron chi connectivity index (χ2n) is 5.13. The van der Waals surface area contributed by atoms with E-state index in [9.17, 15) is 14.1 Å². The molecule has 7 heteroatoms. The van der Waals surface area contributed by atoms with Gasteiger partial charge in [0, 0.05) is 16.5 Å². The van der Waals surface area contributed by atoms with Gasteiger partial charge >= 0.3 is 5.97 Å². The molecular formula is C18H15NO4S2. The van der Waals surface area contributed by atoms with Crippen LogP contribution in [0.3, 0.4) is 0 Å². The van der Waals surface area contributed by atoms with Crippen LogP contribution in [0.15, 0.2) is 58.9 Å². The molecule has 0 bridgehead atoms. The summed E-state index contributed by atoms with van der Waals surface area (Å²) in [6, 6.07) is 12.4. The second kappa shape index (κ2) is 7.58. The Hall–Kier alpha value is -2.51. The topological polar surface area (TPSA) is 76.5 Å². The van der Waals surface area contributed by atoms with Gasteiger partial charge in [-0.25, -0.2) is 9.78 Å². The maximum atomic E-state index is 12.6. The van der Waals surface area contributed by atoms with E-state index in [2.05, 4.69) is 4.98 Å². The lowest BCUT2D eigenvalue weighted by Gasteiger charge is -2.14. The van der Waals surface area contributed by atoms with Crippen molar-refractivity contribution in [3.63, 3.8) is 0 Å². The lowest BCUT2D eigenvalue weighted by atomic mass is 10.0. The van der Waals surface area contributed by atoms with E-state index in [0.29, 0.717) is 21.0 Å². The molecule has 1 heterocycles. The zero-order valence-corrected chi connectivity index (χ0v) is 15.0. The molecule has 0 amide bonds. The van der Waals surface area contributed by atoms with Gasteiger partial charge in [-0.1, -0.05) is 24.3 Å². The molecule has 128 valence electrons. The summed E-state index contributed by atoms with van der Waals surface area (Å²) in [5.74, 6) is -0.777. The van der Waals surface area contributed by atoms with E-state index < -0.39 is 16.8 Å². The molecule has 0 aliphatic heterocycles. The zero-order valence-electron chi connectivity index (χ0n) is 13.3. The third-order valence-electron chi connectivity index (χ3n) is 3.62. The van der Waals surface area contributed by atoms with Crippen molar-refractivity contribution in [1.29, 1.82) is 0 Å². The SMILES string of the molecule is COc1c(-c2nccs2)ccc(CS(=O)c2ccccc2)c1C(=O)O. The molecule has 3 rings (SSSR count). The minimum atomic E-state index is -1.35. The van der Waals surface area contributed by atoms with Gasteiger partial charge < -0.3 is 9.84 Å². The molecule has 1 aromatic heterocycles. The first-order valence-corrected chi connectivity index (χ1v) is 9.58. The molecule has 0 spiro atoms. The average Bonchev–Trinajstić information content (AvgIpc) is 3.16. The van der Waals surface area contributed by atoms with Crippen LogP contribution in [-0.4, -0.2) is 27.4 Å². The highest BCUT2D eigenvalue weighted by atomic mass is 32.2. The van der Waals surface area contributed by atoms with E-state index in [0.717, 1.165) is 0 Å². The molecule has 2 aromatic carbocycles. The number of carboxylic acids is 1. The molecule has 1 unspecified atom stereocenters. The van der Waals surface area contributed by atoms with Crippen LogP contribution in [-0.2, 0) is 16.6 Å². The zero-order chi connectivity index (χ0) is 17.8. The summed E-state index contributed by atoms with van der Waals surface area (Å²) in [4.78, 5) is 16.7. The van der Waals surface area contributed by atoms with Crippen molar-refractivity contribution >= 4 is 28.1 Å². The molecule has 0 radical (unpaired) electrons. The molecule has 1 atom stereocenters. The minimum Gasteiger partial charge on any atom is -0.495 e. The standard InChI is InChI=1S/C18H15NO4S2/c1-23-16-14(17-19-9-10-24-17)8-7-12(15(16)18(20)21)11-25(22)13-5-3-2-4-6-13/h2-10H,11H2,1H3,(H,20,21). The first-order valence-electron chi connectivity index (χ1n) is 7.38. The highest BCUT2D eigenvalue weighted by molar-refractivity contribution is 7.84. The van der Waals surface area contributed by atoms with Crippen LogP contribution in [0.4, 0.5) is 0 Å². The fourth-order valence-corrected chi connectivity index (χ4v) is 4.32. The predicted octanol–water partition coefficient (Wildman–Crippen LogP) is 3.82. The smallest absolute Gasteiger partial charge is 0.339 e. The molecule has 3 aromatic rings. The number of methoxy groups -OCH3 is 1. The number of nitrogens with zero attached hydrogens (tertiary/aromatic N) is 1. The van der Waals surface area contributed by atoms with Crippen LogP contribution < -0.4 is 4.74 Å². The number of benzene rings is 2. The molecule has 0 aliphatic rings. The summed E-state index contributed by atoms with van der Waals surface area (Å²) in [6.45, 7) is 0. The Balaban J connectivity index is 2.05. The van der Waals surface area contributed by atoms with E-state index in [-0.39, 0.29) is 17.1 Å². The lowest BCUT2D eigenvalue weighted by molar-refractivity contribution is 0.0692. The molecule has 25 heavy (non-hydrogen) atoms. The number of hydrogen-bond acceptors (Lipinski definition) is 5. The van der Waals surface area contributed by atoms with Crippen LogP contribution in [0.5, 0.6) is 5.75 Å². The second-order valence-corrected chi connectivity index (χ2v) is 7.47. The Morgan fingerprint density at radius 2 is 2.00 bits per heavy atom. The van der Waals surface area contributed by atoms with Gasteiger partial charge in [-0.3, -0.25) is 4.21 Å². The molecule has 0 aliphatic carbocycles. The van der Waals surface area contributed by atoms with E-state index in [1.54, 1.807) is 42.6 Å². The summed E-state index contributed by atoms with van der Waals surface area (Å²) in [7, 11) is 0.0807. The monoisotopic (exact) mass is 373 g/mol. The maximum absolute atomic E-state index is 12.6. The third kappa shape index (κ3) is 3.62. The van der Waals surface area contributed by atoms with Crippen molar-refractivity contribution in [1.82, 2.24) is 4.98 Å². The van der Waals surface area contributed by atoms with Crippen LogP contribution in [0.25, 0.3) is 10.6 Å². The molecule has 5 nitrogen and oxygen atoms in total. The largest absolute Gasteiger partial charge is 0.495 e. The van der Waals surface area contributed by atoms with Gasteiger partial charge in [-0.15, -0.1) is 11.3 Å². The van der Waals surface area contributed by atoms with Gasteiger partial charge in [0.15, 0.2) is 0 Å². The summed E-state index contributed by atoms with van der Waals surface area (Å²) >= 11 is 1.40. The van der Waals surface area contributed by atoms with Crippen molar-refractivity contribution in [3.8, 4) is 16.3 Å². The van der Waals surface area contributed by atoms with Crippen molar-refractivity contribution in [2.45, 2.75) is 10.6 Å². The van der Waals surface area contributed by atoms with Gasteiger partial charge in [0.05, 0.1) is 29.2 Å². The van der Waals surface area contributed by atoms with E-state index in [4.69, 9.17) is 4.74 Å². The molecule has 1 N–H and O–H groups in total. The van der Waals surface area contributed by atoms with Crippen LogP contribution in [0.1, 0.15) is 15.9 Å². The van der Waals surface area contributed by atoms with Crippen LogP contribution in [0.2, 0.25) is 0 Å². The summed E-state index contributed by atoms with van der Waals surface area (Å²) in [5.41, 5.74) is 1.11. The summed E-state index contributed by atoms with van der Waals surface area (Å²) in [6.07, 6.45) is 1.65. The Morgan fingerprint density at radius 3 is 2.60 bits per heavy atom. The molecule has 0 saturated heterocycles. The Labute approximate surface area is 151 Å². The predicted molar refractivity (Wildman–Crippen MR) is 97.6 cm³/mol. The number of aromatic carboxylic acids is 1. The number of hydrogen-bond donors (Lipinski definition) is 1. The first-order chi connectivity index (χ1) is 12.1. The number of ether oxygens (including phenoxy) is 1. The normalized spacial score (nSPS) is 11.9. The molecular weight excluding hydrogens is 358 g/mol. The van der Waals surface area contributed by atoms with Crippen LogP contribution in [0, 0.1) is 0 Å². The average molecular weight is 373 g/mol. The molecule has 0 fully saturated rings. The van der Waals surface area contributed by atoms with Crippen molar-refractivity contribution in [3.05, 3.63) is 65.2 Å². The first kappa shape index (κ1) is 17.3. The maximum Gasteiger partial charge on any atom is 0.339 e. The van der Waals surface area contributed by atoms with Crippen molar-refractivity contribution in [2.75, 3.05) is 7.11 Å². The van der Waals surface area contributed by atoms with Gasteiger partial charge in [0.25, 0.3) is 0 Å². The fourth-order valence-electron chi connectivity index (χ4n) is 2.51. The number of carboxylic acid groups (broad SMARTS) is 1. The van der Waals surface area contributed by atoms with Crippen LogP contribution >= 0.6 is 11.3 Å². The number of thiazole rings is 1. The molecule has 0 saturated carbocycles. The fraction of sp³-hybridized carbons (Fsp3) is 0.111. The van der Waals surface area contributed by atoms with Crippen molar-refractivity contribution in [2.24, 2.45) is 0 Å². The number of carbonyl (C=O) groups is 1. The summed E-state index contributed by atoms with van der Waals surface area (Å²) < 4.78 is 17.9. The van der Waals surface area contributed by atoms with E-state index in [1.807, 2.05) is 11.4 Å². The number of aromatic nitrogens is 1. The Morgan fingerprint density at radius 1 is 1.24 bits per heavy atom. The highest BCUT2D eigenvalue weighted by Crippen LogP contribution is 2.36. The van der Waals surface area contributed by atoms with E-state index in [1.165, 1.54) is 18.4 Å². The quantitative estimate of drug-likeness (QED) is 0.711. The lowest BCUT2D eigenvalue weighted by Crippen LogP contribution is -2.09. The van der Waals surface area contributed by atoms with Crippen molar-refractivity contribution < 1.29 is 18.8 Å². The summed E-state index contributed by atoms with van der Waals surface area (Å²) in [5, 5.41) is 12.2. The van der Waals surface area contributed by atoms with Gasteiger partial charge in [0.2, 0.25) is 0 Å². The number of rotatable bonds is 6. The van der Waals surface area contributed by atoms with E-state index >= 15 is 0 Å².